The second-order valence-corrected chi connectivity index (χ2v) is 9.86. The number of allylic oxidation sites excluding steroid dienone is 1. The van der Waals surface area contributed by atoms with E-state index in [0.717, 1.165) is 29.2 Å². The summed E-state index contributed by atoms with van der Waals surface area (Å²) in [5.74, 6) is -4.32. The Labute approximate surface area is 203 Å². The quantitative estimate of drug-likeness (QED) is 0.578. The molecule has 0 fully saturated rings. The lowest BCUT2D eigenvalue weighted by Gasteiger charge is -2.35. The number of hydrogen-bond donors (Lipinski definition) is 1. The maximum atomic E-state index is 14.8. The molecule has 0 unspecified atom stereocenters. The van der Waals surface area contributed by atoms with Crippen LogP contribution in [0.2, 0.25) is 5.02 Å². The summed E-state index contributed by atoms with van der Waals surface area (Å²) in [5, 5.41) is 2.06. The monoisotopic (exact) mass is 508 g/mol. The minimum absolute atomic E-state index is 0.00845. The van der Waals surface area contributed by atoms with E-state index in [9.17, 15) is 31.9 Å². The Kier molecular flexibility index (Phi) is 6.03. The topological polar surface area (TPSA) is 66.5 Å². The molecule has 0 saturated carbocycles. The number of alkyl halides is 3. The van der Waals surface area contributed by atoms with Crippen LogP contribution in [-0.2, 0) is 16.1 Å². The Morgan fingerprint density at radius 2 is 1.69 bits per heavy atom. The first-order chi connectivity index (χ1) is 16.3. The molecule has 4 rings (SSSR count). The van der Waals surface area contributed by atoms with Gasteiger partial charge in [0.15, 0.2) is 5.78 Å². The fourth-order valence-corrected chi connectivity index (χ4v) is 4.83. The van der Waals surface area contributed by atoms with Gasteiger partial charge in [0, 0.05) is 22.7 Å². The fourth-order valence-electron chi connectivity index (χ4n) is 4.63. The molecular weight excluding hydrogens is 488 g/mol. The van der Waals surface area contributed by atoms with Crippen LogP contribution >= 0.6 is 11.6 Å². The lowest BCUT2D eigenvalue weighted by atomic mass is 9.72. The van der Waals surface area contributed by atoms with E-state index in [2.05, 4.69) is 0 Å². The molecule has 184 valence electrons. The molecule has 2 aromatic rings. The third-order valence-corrected chi connectivity index (χ3v) is 6.61. The van der Waals surface area contributed by atoms with Gasteiger partial charge in [-0.2, -0.15) is 13.2 Å². The van der Waals surface area contributed by atoms with Gasteiger partial charge < -0.3 is 10.2 Å². The van der Waals surface area contributed by atoms with E-state index in [1.165, 1.54) is 6.07 Å². The highest BCUT2D eigenvalue weighted by Gasteiger charge is 2.71. The van der Waals surface area contributed by atoms with Crippen molar-refractivity contribution in [3.63, 3.8) is 0 Å². The van der Waals surface area contributed by atoms with Crippen LogP contribution in [0.15, 0.2) is 59.8 Å². The molecule has 35 heavy (non-hydrogen) atoms. The molecule has 1 heterocycles. The summed E-state index contributed by atoms with van der Waals surface area (Å²) in [6.45, 7) is 3.12. The van der Waals surface area contributed by atoms with Crippen LogP contribution in [0.25, 0.3) is 0 Å². The summed E-state index contributed by atoms with van der Waals surface area (Å²) in [4.78, 5) is 40.6. The van der Waals surface area contributed by atoms with Crippen molar-refractivity contribution < 1.29 is 31.9 Å². The number of benzene rings is 2. The molecule has 5 nitrogen and oxygen atoms in total. The second kappa shape index (κ2) is 8.48. The van der Waals surface area contributed by atoms with E-state index >= 15 is 0 Å². The Hall–Kier alpha value is -3.20. The molecule has 0 aromatic heterocycles. The molecule has 2 amide bonds. The van der Waals surface area contributed by atoms with Crippen molar-refractivity contribution in [2.24, 2.45) is 5.41 Å². The molecule has 0 bridgehead atoms. The van der Waals surface area contributed by atoms with Crippen LogP contribution in [-0.4, -0.2) is 34.2 Å². The van der Waals surface area contributed by atoms with Crippen LogP contribution < -0.4 is 5.32 Å². The van der Waals surface area contributed by atoms with Crippen LogP contribution in [0.5, 0.6) is 0 Å². The predicted molar refractivity (Wildman–Crippen MR) is 120 cm³/mol. The minimum Gasteiger partial charge on any atom is -0.326 e. The molecule has 0 saturated heterocycles. The smallest absolute Gasteiger partial charge is 0.326 e. The van der Waals surface area contributed by atoms with E-state index in [1.54, 1.807) is 32.0 Å². The normalized spacial score (nSPS) is 21.9. The molecule has 1 aliphatic heterocycles. The molecular formula is C25H21ClF4N2O3. The van der Waals surface area contributed by atoms with Gasteiger partial charge in [-0.1, -0.05) is 43.6 Å². The van der Waals surface area contributed by atoms with Crippen LogP contribution in [0.3, 0.4) is 0 Å². The number of rotatable bonds is 4. The van der Waals surface area contributed by atoms with Crippen molar-refractivity contribution in [2.45, 2.75) is 44.9 Å². The van der Waals surface area contributed by atoms with Crippen LogP contribution in [0.1, 0.15) is 42.6 Å². The third kappa shape index (κ3) is 4.22. The Bertz CT molecular complexity index is 1250. The molecule has 2 aliphatic rings. The number of halogens is 5. The summed E-state index contributed by atoms with van der Waals surface area (Å²) in [5.41, 5.74) is -5.07. The van der Waals surface area contributed by atoms with Crippen LogP contribution in [0, 0.1) is 11.2 Å². The predicted octanol–water partition coefficient (Wildman–Crippen LogP) is 5.20. The SMILES string of the molecule is CC1(C)CC(=O)C2=C(C1)N(Cc1ccccc1Cl)C(=O)[C@@]2(NC(=O)c1ccc(F)cc1)C(F)(F)F. The fraction of sp³-hybridized carbons (Fsp3) is 0.320. The van der Waals surface area contributed by atoms with Crippen LogP contribution in [0.4, 0.5) is 17.6 Å². The largest absolute Gasteiger partial charge is 0.425 e. The Morgan fingerprint density at radius 1 is 1.06 bits per heavy atom. The summed E-state index contributed by atoms with van der Waals surface area (Å²) in [7, 11) is 0. The van der Waals surface area contributed by atoms with E-state index in [4.69, 9.17) is 11.6 Å². The number of carbonyl (C=O) groups excluding carboxylic acids is 3. The van der Waals surface area contributed by atoms with Gasteiger partial charge in [-0.25, -0.2) is 4.39 Å². The van der Waals surface area contributed by atoms with Gasteiger partial charge in [0.1, 0.15) is 5.82 Å². The van der Waals surface area contributed by atoms with Gasteiger partial charge in [-0.05, 0) is 47.7 Å². The molecule has 1 N–H and O–H groups in total. The van der Waals surface area contributed by atoms with Crippen molar-refractivity contribution in [3.05, 3.63) is 81.8 Å². The maximum absolute atomic E-state index is 14.8. The third-order valence-electron chi connectivity index (χ3n) is 6.24. The maximum Gasteiger partial charge on any atom is 0.425 e. The highest BCUT2D eigenvalue weighted by molar-refractivity contribution is 6.31. The molecule has 2 aromatic carbocycles. The Balaban J connectivity index is 1.88. The summed E-state index contributed by atoms with van der Waals surface area (Å²) < 4.78 is 57.7. The zero-order valence-electron chi connectivity index (χ0n) is 18.8. The molecule has 0 spiro atoms. The van der Waals surface area contributed by atoms with E-state index in [0.29, 0.717) is 5.56 Å². The molecule has 1 atom stereocenters. The number of nitrogens with one attached hydrogen (secondary N) is 1. The molecule has 10 heteroatoms. The number of Topliss-reactive ketones (excluding diaryl/α,β-unsaturated/α-hetero) is 1. The zero-order chi connectivity index (χ0) is 25.8. The van der Waals surface area contributed by atoms with Crippen molar-refractivity contribution in [3.8, 4) is 0 Å². The van der Waals surface area contributed by atoms with Crippen molar-refractivity contribution in [2.75, 3.05) is 0 Å². The minimum atomic E-state index is -5.34. The van der Waals surface area contributed by atoms with Gasteiger partial charge in [-0.15, -0.1) is 0 Å². The van der Waals surface area contributed by atoms with Crippen molar-refractivity contribution >= 4 is 29.2 Å². The van der Waals surface area contributed by atoms with E-state index < -0.39 is 46.1 Å². The number of hydrogen-bond acceptors (Lipinski definition) is 3. The van der Waals surface area contributed by atoms with Crippen molar-refractivity contribution in [1.29, 1.82) is 0 Å². The number of amides is 2. The summed E-state index contributed by atoms with van der Waals surface area (Å²) >= 11 is 6.20. The van der Waals surface area contributed by atoms with Gasteiger partial charge in [0.05, 0.1) is 12.1 Å². The first-order valence-corrected chi connectivity index (χ1v) is 11.1. The average Bonchev–Trinajstić information content (AvgIpc) is 2.98. The first-order valence-electron chi connectivity index (χ1n) is 10.7. The standard InChI is InChI=1S/C25H21ClF4N2O3/c1-23(2)11-18-20(19(33)12-23)24(25(28,29)30,31-21(34)14-7-9-16(27)10-8-14)22(35)32(18)13-15-5-3-4-6-17(15)26/h3-10H,11-13H2,1-2H3,(H,31,34)/t24-/m1/s1. The lowest BCUT2D eigenvalue weighted by Crippen LogP contribution is -2.66. The van der Waals surface area contributed by atoms with E-state index in [-0.39, 0.29) is 35.7 Å². The number of carbonyl (C=O) groups is 3. The van der Waals surface area contributed by atoms with Gasteiger partial charge in [0.2, 0.25) is 5.54 Å². The van der Waals surface area contributed by atoms with Crippen molar-refractivity contribution in [1.82, 2.24) is 10.2 Å². The van der Waals surface area contributed by atoms with Gasteiger partial charge in [-0.3, -0.25) is 14.4 Å². The summed E-state index contributed by atoms with van der Waals surface area (Å²) in [6.07, 6.45) is -5.56. The van der Waals surface area contributed by atoms with E-state index in [1.807, 2.05) is 5.32 Å². The lowest BCUT2D eigenvalue weighted by molar-refractivity contribution is -0.190. The number of nitrogens with zero attached hydrogens (tertiary/aromatic N) is 1. The van der Waals surface area contributed by atoms with Gasteiger partial charge >= 0.3 is 6.18 Å². The second-order valence-electron chi connectivity index (χ2n) is 9.45. The Morgan fingerprint density at radius 3 is 2.29 bits per heavy atom. The number of ketones is 1. The zero-order valence-corrected chi connectivity index (χ0v) is 19.6. The highest BCUT2D eigenvalue weighted by atomic mass is 35.5. The van der Waals surface area contributed by atoms with Gasteiger partial charge in [0.25, 0.3) is 11.8 Å². The average molecular weight is 509 g/mol. The summed E-state index contributed by atoms with van der Waals surface area (Å²) in [6, 6.07) is 10.2. The first kappa shape index (κ1) is 24.9. The highest BCUT2D eigenvalue weighted by Crippen LogP contribution is 2.52. The molecule has 0 radical (unpaired) electrons. The molecule has 1 aliphatic carbocycles.